The lowest BCUT2D eigenvalue weighted by Gasteiger charge is -2.15. The Hall–Kier alpha value is -2.88. The Bertz CT molecular complexity index is 811. The Labute approximate surface area is 140 Å². The average Bonchev–Trinajstić information content (AvgIpc) is 3.43. The number of carbonyl (C=O) groups is 1. The summed E-state index contributed by atoms with van der Waals surface area (Å²) in [6, 6.07) is 18.0. The average molecular weight is 318 g/mol. The molecule has 1 saturated carbocycles. The van der Waals surface area contributed by atoms with E-state index in [1.165, 1.54) is 5.56 Å². The second kappa shape index (κ2) is 6.32. The van der Waals surface area contributed by atoms with Crippen LogP contribution in [0.25, 0.3) is 6.08 Å². The van der Waals surface area contributed by atoms with Crippen LogP contribution >= 0.6 is 0 Å². The molecule has 1 fully saturated rings. The molecule has 1 heterocycles. The summed E-state index contributed by atoms with van der Waals surface area (Å²) in [4.78, 5) is 12.2. The molecule has 0 aromatic heterocycles. The topological polar surface area (TPSA) is 50.7 Å². The molecular weight excluding hydrogens is 300 g/mol. The van der Waals surface area contributed by atoms with Gasteiger partial charge < -0.3 is 4.74 Å². The van der Waals surface area contributed by atoms with Crippen molar-refractivity contribution in [2.45, 2.75) is 12.3 Å². The lowest BCUT2D eigenvalue weighted by molar-refractivity contribution is -0.122. The highest BCUT2D eigenvalue weighted by Gasteiger charge is 2.43. The van der Waals surface area contributed by atoms with Gasteiger partial charge in [-0.05, 0) is 30.0 Å². The van der Waals surface area contributed by atoms with Gasteiger partial charge in [0.05, 0.1) is 6.21 Å². The van der Waals surface area contributed by atoms with Gasteiger partial charge in [-0.3, -0.25) is 4.79 Å². The highest BCUT2D eigenvalue weighted by atomic mass is 16.5. The standard InChI is InChI=1S/C20H18N2O2/c23-20(18-11-17(18)15-6-2-1-3-7-15)22-21-12-14-10-16-8-4-5-9-19(16)24-13-14/h1-10,12,17-18H,11,13H2,(H,22,23)/b21-12+/t17-,18+/m0/s1. The molecule has 24 heavy (non-hydrogen) atoms. The van der Waals surface area contributed by atoms with Crippen LogP contribution in [0.1, 0.15) is 23.5 Å². The molecule has 1 N–H and O–H groups in total. The minimum Gasteiger partial charge on any atom is -0.488 e. The van der Waals surface area contributed by atoms with Gasteiger partial charge >= 0.3 is 0 Å². The number of ether oxygens (including phenoxy) is 1. The fourth-order valence-electron chi connectivity index (χ4n) is 3.02. The van der Waals surface area contributed by atoms with Crippen LogP contribution in [0.5, 0.6) is 5.75 Å². The van der Waals surface area contributed by atoms with E-state index in [0.717, 1.165) is 23.3 Å². The number of rotatable bonds is 4. The normalized spacial score (nSPS) is 21.6. The first-order valence-electron chi connectivity index (χ1n) is 8.11. The van der Waals surface area contributed by atoms with E-state index in [2.05, 4.69) is 22.7 Å². The fraction of sp³-hybridized carbons (Fsp3) is 0.200. The van der Waals surface area contributed by atoms with Crippen LogP contribution in [0, 0.1) is 5.92 Å². The highest BCUT2D eigenvalue weighted by Crippen LogP contribution is 2.47. The number of para-hydroxylation sites is 1. The van der Waals surface area contributed by atoms with E-state index in [1.54, 1.807) is 6.21 Å². The number of fused-ring (bicyclic) bond motifs is 1. The van der Waals surface area contributed by atoms with E-state index in [9.17, 15) is 4.79 Å². The Kier molecular flexibility index (Phi) is 3.87. The predicted octanol–water partition coefficient (Wildman–Crippen LogP) is 3.37. The van der Waals surface area contributed by atoms with Gasteiger partial charge in [0.15, 0.2) is 0 Å². The molecule has 0 bridgehead atoms. The molecule has 0 unspecified atom stereocenters. The molecule has 2 aromatic rings. The molecule has 0 radical (unpaired) electrons. The van der Waals surface area contributed by atoms with Gasteiger partial charge in [-0.1, -0.05) is 48.5 Å². The zero-order chi connectivity index (χ0) is 16.4. The maximum Gasteiger partial charge on any atom is 0.243 e. The largest absolute Gasteiger partial charge is 0.488 e. The summed E-state index contributed by atoms with van der Waals surface area (Å²) >= 11 is 0. The number of nitrogens with zero attached hydrogens (tertiary/aromatic N) is 1. The van der Waals surface area contributed by atoms with E-state index < -0.39 is 0 Å². The van der Waals surface area contributed by atoms with Crippen molar-refractivity contribution in [3.05, 3.63) is 71.3 Å². The van der Waals surface area contributed by atoms with Crippen molar-refractivity contribution in [1.29, 1.82) is 0 Å². The first kappa shape index (κ1) is 14.7. The number of hydrogen-bond donors (Lipinski definition) is 1. The van der Waals surface area contributed by atoms with Crippen LogP contribution in [0.4, 0.5) is 0 Å². The van der Waals surface area contributed by atoms with Gasteiger partial charge in [-0.25, -0.2) is 5.43 Å². The van der Waals surface area contributed by atoms with E-state index in [0.29, 0.717) is 12.5 Å². The molecule has 4 rings (SSSR count). The van der Waals surface area contributed by atoms with Crippen molar-refractivity contribution < 1.29 is 9.53 Å². The van der Waals surface area contributed by atoms with Gasteiger partial charge in [-0.2, -0.15) is 5.10 Å². The van der Waals surface area contributed by atoms with Crippen molar-refractivity contribution in [3.8, 4) is 5.75 Å². The molecule has 120 valence electrons. The number of benzene rings is 2. The molecule has 4 heteroatoms. The lowest BCUT2D eigenvalue weighted by Crippen LogP contribution is -2.20. The lowest BCUT2D eigenvalue weighted by atomic mass is 10.1. The Balaban J connectivity index is 1.34. The van der Waals surface area contributed by atoms with E-state index in [-0.39, 0.29) is 11.8 Å². The third-order valence-corrected chi connectivity index (χ3v) is 4.41. The van der Waals surface area contributed by atoms with Crippen LogP contribution in [-0.4, -0.2) is 18.7 Å². The summed E-state index contributed by atoms with van der Waals surface area (Å²) in [6.07, 6.45) is 4.58. The summed E-state index contributed by atoms with van der Waals surface area (Å²) in [5.74, 6) is 1.22. The maximum absolute atomic E-state index is 12.2. The minimum atomic E-state index is -0.0159. The third kappa shape index (κ3) is 3.08. The Morgan fingerprint density at radius 2 is 1.92 bits per heavy atom. The van der Waals surface area contributed by atoms with E-state index in [1.807, 2.05) is 48.5 Å². The van der Waals surface area contributed by atoms with Crippen molar-refractivity contribution in [2.75, 3.05) is 6.61 Å². The molecule has 2 aliphatic rings. The monoisotopic (exact) mass is 318 g/mol. The van der Waals surface area contributed by atoms with Crippen LogP contribution in [0.3, 0.4) is 0 Å². The molecule has 1 amide bonds. The summed E-state index contributed by atoms with van der Waals surface area (Å²) in [7, 11) is 0. The van der Waals surface area contributed by atoms with Gasteiger partial charge in [0, 0.05) is 17.1 Å². The van der Waals surface area contributed by atoms with Gasteiger partial charge in [0.1, 0.15) is 12.4 Å². The fourth-order valence-corrected chi connectivity index (χ4v) is 3.02. The van der Waals surface area contributed by atoms with E-state index >= 15 is 0 Å². The molecule has 1 aliphatic carbocycles. The molecule has 2 aromatic carbocycles. The third-order valence-electron chi connectivity index (χ3n) is 4.41. The van der Waals surface area contributed by atoms with Crippen LogP contribution in [0.15, 0.2) is 65.3 Å². The molecule has 4 nitrogen and oxygen atoms in total. The zero-order valence-electron chi connectivity index (χ0n) is 13.2. The van der Waals surface area contributed by atoms with Gasteiger partial charge in [0.25, 0.3) is 0 Å². The molecule has 1 aliphatic heterocycles. The van der Waals surface area contributed by atoms with Crippen LogP contribution < -0.4 is 10.2 Å². The summed E-state index contributed by atoms with van der Waals surface area (Å²) < 4.78 is 5.66. The number of nitrogens with one attached hydrogen (secondary N) is 1. The Morgan fingerprint density at radius 1 is 1.12 bits per heavy atom. The first-order valence-corrected chi connectivity index (χ1v) is 8.11. The van der Waals surface area contributed by atoms with Crippen molar-refractivity contribution in [1.82, 2.24) is 5.43 Å². The minimum absolute atomic E-state index is 0.0159. The van der Waals surface area contributed by atoms with Crippen LogP contribution in [-0.2, 0) is 4.79 Å². The highest BCUT2D eigenvalue weighted by molar-refractivity contribution is 5.89. The Morgan fingerprint density at radius 3 is 2.79 bits per heavy atom. The summed E-state index contributed by atoms with van der Waals surface area (Å²) in [5, 5.41) is 4.08. The van der Waals surface area contributed by atoms with Gasteiger partial charge in [-0.15, -0.1) is 0 Å². The van der Waals surface area contributed by atoms with Crippen molar-refractivity contribution >= 4 is 18.2 Å². The molecule has 0 saturated heterocycles. The summed E-state index contributed by atoms with van der Waals surface area (Å²) in [6.45, 7) is 0.465. The van der Waals surface area contributed by atoms with Crippen LogP contribution in [0.2, 0.25) is 0 Å². The van der Waals surface area contributed by atoms with Crippen molar-refractivity contribution in [2.24, 2.45) is 11.0 Å². The number of carbonyl (C=O) groups excluding carboxylic acids is 1. The zero-order valence-corrected chi connectivity index (χ0v) is 13.2. The molecular formula is C20H18N2O2. The van der Waals surface area contributed by atoms with Gasteiger partial charge in [0.2, 0.25) is 5.91 Å². The maximum atomic E-state index is 12.2. The first-order chi connectivity index (χ1) is 11.8. The number of hydrogen-bond acceptors (Lipinski definition) is 3. The quantitative estimate of drug-likeness (QED) is 0.694. The predicted molar refractivity (Wildman–Crippen MR) is 93.8 cm³/mol. The van der Waals surface area contributed by atoms with Crippen molar-refractivity contribution in [3.63, 3.8) is 0 Å². The summed E-state index contributed by atoms with van der Waals surface area (Å²) in [5.41, 5.74) is 5.84. The SMILES string of the molecule is O=C(N/N=C/C1=Cc2ccccc2OC1)[C@@H]1C[C@H]1c1ccccc1. The number of amides is 1. The smallest absolute Gasteiger partial charge is 0.243 e. The molecule has 2 atom stereocenters. The second-order valence-electron chi connectivity index (χ2n) is 6.14. The van der Waals surface area contributed by atoms with E-state index in [4.69, 9.17) is 4.74 Å². The molecule has 0 spiro atoms. The number of hydrazone groups is 1. The second-order valence-corrected chi connectivity index (χ2v) is 6.14.